The Labute approximate surface area is 274 Å². The first-order valence-corrected chi connectivity index (χ1v) is 16.4. The molecule has 3 heteroatoms. The molecular formula is C44H33N3. The molecule has 0 saturated carbocycles. The highest BCUT2D eigenvalue weighted by Crippen LogP contribution is 2.45. The number of benzene rings is 7. The van der Waals surface area contributed by atoms with Crippen LogP contribution in [0.2, 0.25) is 0 Å². The number of pyridine rings is 1. The third-order valence-corrected chi connectivity index (χ3v) is 9.95. The molecule has 2 unspecified atom stereocenters. The lowest BCUT2D eigenvalue weighted by Gasteiger charge is -2.39. The molecule has 1 aliphatic heterocycles. The zero-order valence-electron chi connectivity index (χ0n) is 26.2. The number of nitrogens with zero attached hydrogens (tertiary/aromatic N) is 3. The average Bonchev–Trinajstić information content (AvgIpc) is 3.15. The van der Waals surface area contributed by atoms with Crippen molar-refractivity contribution in [3.8, 4) is 11.3 Å². The molecule has 1 aliphatic rings. The first kappa shape index (κ1) is 27.5. The summed E-state index contributed by atoms with van der Waals surface area (Å²) < 4.78 is 0. The van der Waals surface area contributed by atoms with Gasteiger partial charge in [-0.2, -0.15) is 0 Å². The van der Waals surface area contributed by atoms with E-state index in [-0.39, 0.29) is 12.1 Å². The predicted molar refractivity (Wildman–Crippen MR) is 197 cm³/mol. The second-order valence-electron chi connectivity index (χ2n) is 12.6. The van der Waals surface area contributed by atoms with Crippen molar-refractivity contribution in [2.45, 2.75) is 18.5 Å². The number of hydrogen-bond donors (Lipinski definition) is 0. The molecule has 47 heavy (non-hydrogen) atoms. The van der Waals surface area contributed by atoms with Gasteiger partial charge >= 0.3 is 0 Å². The largest absolute Gasteiger partial charge is 0.352 e. The van der Waals surface area contributed by atoms with Crippen LogP contribution in [0.15, 0.2) is 163 Å². The zero-order valence-corrected chi connectivity index (χ0v) is 26.2. The smallest absolute Gasteiger partial charge is 0.131 e. The molecule has 0 N–H and O–H groups in total. The number of fused-ring (bicyclic) bond motifs is 6. The van der Waals surface area contributed by atoms with Gasteiger partial charge in [0.2, 0.25) is 0 Å². The molecule has 224 valence electrons. The standard InChI is InChI=1S/C44H33N3/c1-47-43(40-27-32-13-3-5-15-34(32)36-17-7-9-19-38(36)40)28-42(39-26-31-12-2-4-14-33(31)35-16-6-8-18-37(35)39)46-44(47)30-23-21-29(22-24-30)41-20-10-11-25-45-41/h2-27,42-43H,28H2,1H3. The molecule has 0 aliphatic carbocycles. The minimum absolute atomic E-state index is 0.0265. The molecule has 0 saturated heterocycles. The normalized spacial score (nSPS) is 16.6. The third-order valence-electron chi connectivity index (χ3n) is 9.95. The Morgan fingerprint density at radius 2 is 1.02 bits per heavy atom. The fourth-order valence-electron chi connectivity index (χ4n) is 7.66. The fraction of sp³-hybridized carbons (Fsp3) is 0.0909. The van der Waals surface area contributed by atoms with Crippen molar-refractivity contribution < 1.29 is 0 Å². The van der Waals surface area contributed by atoms with Crippen LogP contribution in [0, 0.1) is 0 Å². The van der Waals surface area contributed by atoms with Gasteiger partial charge in [-0.3, -0.25) is 9.98 Å². The average molecular weight is 604 g/mol. The first-order valence-electron chi connectivity index (χ1n) is 16.4. The minimum Gasteiger partial charge on any atom is -0.352 e. The van der Waals surface area contributed by atoms with Crippen LogP contribution in [0.4, 0.5) is 0 Å². The van der Waals surface area contributed by atoms with Gasteiger partial charge in [0.15, 0.2) is 0 Å². The molecule has 0 amide bonds. The van der Waals surface area contributed by atoms with E-state index in [4.69, 9.17) is 4.99 Å². The topological polar surface area (TPSA) is 28.5 Å². The lowest BCUT2D eigenvalue weighted by atomic mass is 9.85. The van der Waals surface area contributed by atoms with Crippen molar-refractivity contribution in [2.24, 2.45) is 4.99 Å². The van der Waals surface area contributed by atoms with E-state index >= 15 is 0 Å². The molecule has 3 nitrogen and oxygen atoms in total. The van der Waals surface area contributed by atoms with Crippen molar-refractivity contribution in [3.63, 3.8) is 0 Å². The van der Waals surface area contributed by atoms with Gasteiger partial charge in [-0.1, -0.05) is 127 Å². The van der Waals surface area contributed by atoms with Gasteiger partial charge in [-0.25, -0.2) is 0 Å². The van der Waals surface area contributed by atoms with E-state index in [2.05, 4.69) is 156 Å². The van der Waals surface area contributed by atoms with E-state index in [1.807, 2.05) is 18.3 Å². The molecule has 0 fully saturated rings. The van der Waals surface area contributed by atoms with Crippen LogP contribution in [0.5, 0.6) is 0 Å². The summed E-state index contributed by atoms with van der Waals surface area (Å²) in [5.41, 5.74) is 5.80. The Morgan fingerprint density at radius 3 is 1.64 bits per heavy atom. The summed E-state index contributed by atoms with van der Waals surface area (Å²) in [4.78, 5) is 12.6. The Kier molecular flexibility index (Phi) is 6.57. The summed E-state index contributed by atoms with van der Waals surface area (Å²) >= 11 is 0. The summed E-state index contributed by atoms with van der Waals surface area (Å²) in [6.45, 7) is 0. The molecule has 8 aromatic rings. The van der Waals surface area contributed by atoms with Gasteiger partial charge < -0.3 is 4.90 Å². The van der Waals surface area contributed by atoms with E-state index < -0.39 is 0 Å². The summed E-state index contributed by atoms with van der Waals surface area (Å²) in [6, 6.07) is 54.9. The van der Waals surface area contributed by atoms with Crippen LogP contribution >= 0.6 is 0 Å². The van der Waals surface area contributed by atoms with Crippen LogP contribution < -0.4 is 0 Å². The Morgan fingerprint density at radius 1 is 0.511 bits per heavy atom. The molecular weight excluding hydrogens is 571 g/mol. The quantitative estimate of drug-likeness (QED) is 0.187. The Hall–Kier alpha value is -5.80. The third kappa shape index (κ3) is 4.66. The SMILES string of the molecule is CN1C(c2ccc(-c3ccccn3)cc2)=NC(c2cc3ccccc3c3ccccc23)CC1c1cc2ccccc2c2ccccc12. The molecule has 2 atom stereocenters. The summed E-state index contributed by atoms with van der Waals surface area (Å²) in [7, 11) is 2.22. The first-order chi connectivity index (χ1) is 23.2. The van der Waals surface area contributed by atoms with Crippen molar-refractivity contribution in [1.29, 1.82) is 0 Å². The molecule has 1 aromatic heterocycles. The number of amidine groups is 1. The highest BCUT2D eigenvalue weighted by molar-refractivity contribution is 6.11. The van der Waals surface area contributed by atoms with Gasteiger partial charge in [0, 0.05) is 24.4 Å². The van der Waals surface area contributed by atoms with Crippen LogP contribution in [-0.2, 0) is 0 Å². The van der Waals surface area contributed by atoms with Crippen molar-refractivity contribution in [1.82, 2.24) is 9.88 Å². The molecule has 2 heterocycles. The highest BCUT2D eigenvalue weighted by Gasteiger charge is 2.33. The van der Waals surface area contributed by atoms with E-state index in [0.29, 0.717) is 0 Å². The van der Waals surface area contributed by atoms with E-state index in [0.717, 1.165) is 29.1 Å². The molecule has 0 radical (unpaired) electrons. The van der Waals surface area contributed by atoms with Crippen molar-refractivity contribution >= 4 is 48.9 Å². The lowest BCUT2D eigenvalue weighted by molar-refractivity contribution is 0.310. The van der Waals surface area contributed by atoms with Crippen LogP contribution in [0.1, 0.15) is 35.2 Å². The molecule has 9 rings (SSSR count). The molecule has 0 bridgehead atoms. The zero-order chi connectivity index (χ0) is 31.3. The van der Waals surface area contributed by atoms with Crippen LogP contribution in [0.3, 0.4) is 0 Å². The number of rotatable bonds is 4. The summed E-state index contributed by atoms with van der Waals surface area (Å²) in [5, 5.41) is 10.3. The number of aliphatic imine (C=N–C) groups is 1. The maximum absolute atomic E-state index is 5.61. The maximum Gasteiger partial charge on any atom is 0.131 e. The minimum atomic E-state index is -0.0265. The van der Waals surface area contributed by atoms with E-state index in [1.165, 1.54) is 54.2 Å². The monoisotopic (exact) mass is 603 g/mol. The molecule has 0 spiro atoms. The number of aromatic nitrogens is 1. The summed E-state index contributed by atoms with van der Waals surface area (Å²) in [6.07, 6.45) is 2.72. The van der Waals surface area contributed by atoms with Crippen LogP contribution in [0.25, 0.3) is 54.3 Å². The van der Waals surface area contributed by atoms with Gasteiger partial charge in [-0.15, -0.1) is 0 Å². The maximum atomic E-state index is 5.61. The predicted octanol–water partition coefficient (Wildman–Crippen LogP) is 10.9. The van der Waals surface area contributed by atoms with E-state index in [1.54, 1.807) is 0 Å². The number of hydrogen-bond acceptors (Lipinski definition) is 3. The second kappa shape index (κ2) is 11.2. The summed E-state index contributed by atoms with van der Waals surface area (Å²) in [5.74, 6) is 1.01. The molecule has 7 aromatic carbocycles. The highest BCUT2D eigenvalue weighted by atomic mass is 15.2. The Bertz CT molecular complexity index is 2460. The Balaban J connectivity index is 1.26. The fourth-order valence-corrected chi connectivity index (χ4v) is 7.66. The van der Waals surface area contributed by atoms with Gasteiger partial charge in [0.05, 0.1) is 17.8 Å². The van der Waals surface area contributed by atoms with Crippen molar-refractivity contribution in [2.75, 3.05) is 7.05 Å². The van der Waals surface area contributed by atoms with E-state index in [9.17, 15) is 0 Å². The second-order valence-corrected chi connectivity index (χ2v) is 12.6. The van der Waals surface area contributed by atoms with Gasteiger partial charge in [-0.05, 0) is 84.9 Å². The van der Waals surface area contributed by atoms with Gasteiger partial charge in [0.1, 0.15) is 5.84 Å². The van der Waals surface area contributed by atoms with Crippen molar-refractivity contribution in [3.05, 3.63) is 175 Å². The lowest BCUT2D eigenvalue weighted by Crippen LogP contribution is -2.37. The van der Waals surface area contributed by atoms with Gasteiger partial charge in [0.25, 0.3) is 0 Å². The van der Waals surface area contributed by atoms with Crippen LogP contribution in [-0.4, -0.2) is 22.8 Å².